The first-order valence-corrected chi connectivity index (χ1v) is 9.64. The van der Waals surface area contributed by atoms with Crippen molar-refractivity contribution in [3.8, 4) is 0 Å². The van der Waals surface area contributed by atoms with Crippen LogP contribution in [0.4, 0.5) is 0 Å². The van der Waals surface area contributed by atoms with Gasteiger partial charge in [-0.05, 0) is 36.3 Å². The van der Waals surface area contributed by atoms with Crippen LogP contribution in [0.15, 0.2) is 59.5 Å². The molecule has 0 amide bonds. The molecule has 5 aromatic rings. The summed E-state index contributed by atoms with van der Waals surface area (Å²) in [6, 6.07) is 16.2. The van der Waals surface area contributed by atoms with Gasteiger partial charge in [-0.25, -0.2) is 0 Å². The van der Waals surface area contributed by atoms with Gasteiger partial charge in [0.1, 0.15) is 4.70 Å². The van der Waals surface area contributed by atoms with Crippen LogP contribution in [-0.2, 0) is 13.0 Å². The summed E-state index contributed by atoms with van der Waals surface area (Å²) < 4.78 is 3.98. The number of aryl methyl sites for hydroxylation is 1. The van der Waals surface area contributed by atoms with Gasteiger partial charge in [-0.1, -0.05) is 36.4 Å². The van der Waals surface area contributed by atoms with Crippen LogP contribution in [0.1, 0.15) is 5.56 Å². The smallest absolute Gasteiger partial charge is 0.272 e. The zero-order valence-corrected chi connectivity index (χ0v) is 15.4. The van der Waals surface area contributed by atoms with Crippen molar-refractivity contribution in [3.05, 3.63) is 75.4 Å². The second-order valence-electron chi connectivity index (χ2n) is 6.30. The number of hydrogen-bond donors (Lipinski definition) is 2. The number of aromatic amines is 2. The van der Waals surface area contributed by atoms with E-state index >= 15 is 0 Å². The van der Waals surface area contributed by atoms with Crippen LogP contribution < -0.4 is 5.56 Å². The molecule has 26 heavy (non-hydrogen) atoms. The lowest BCUT2D eigenvalue weighted by Crippen LogP contribution is -2.22. The third-order valence-electron chi connectivity index (χ3n) is 4.79. The average Bonchev–Trinajstić information content (AvgIpc) is 3.24. The number of nitrogens with one attached hydrogen (secondary N) is 2. The molecule has 5 rings (SSSR count). The van der Waals surface area contributed by atoms with E-state index in [1.54, 1.807) is 4.57 Å². The maximum absolute atomic E-state index is 13.0. The lowest BCUT2D eigenvalue weighted by Gasteiger charge is -2.06. The highest BCUT2D eigenvalue weighted by molar-refractivity contribution is 7.71. The predicted molar refractivity (Wildman–Crippen MR) is 111 cm³/mol. The fourth-order valence-corrected chi connectivity index (χ4v) is 4.87. The molecular weight excluding hydrogens is 362 g/mol. The summed E-state index contributed by atoms with van der Waals surface area (Å²) in [6.45, 7) is 0.556. The Kier molecular flexibility index (Phi) is 3.55. The standard InChI is InChI=1S/C20H15N3OS2/c24-19-18-17(14-6-2-4-8-16(14)26-18)22-20(25)23(19)10-9-12-11-21-15-7-3-1-5-13(12)15/h1-8,11,21H,9-10H2,(H,22,25). The van der Waals surface area contributed by atoms with E-state index in [0.717, 1.165) is 32.2 Å². The van der Waals surface area contributed by atoms with Gasteiger partial charge >= 0.3 is 0 Å². The minimum atomic E-state index is -0.00945. The molecule has 4 nitrogen and oxygen atoms in total. The number of rotatable bonds is 3. The van der Waals surface area contributed by atoms with Gasteiger partial charge in [0.15, 0.2) is 4.77 Å². The van der Waals surface area contributed by atoms with Gasteiger partial charge in [0, 0.05) is 33.7 Å². The molecule has 0 spiro atoms. The number of thiophene rings is 1. The molecule has 0 saturated carbocycles. The second-order valence-corrected chi connectivity index (χ2v) is 7.74. The molecule has 0 aliphatic heterocycles. The zero-order valence-electron chi connectivity index (χ0n) is 13.8. The summed E-state index contributed by atoms with van der Waals surface area (Å²) in [7, 11) is 0. The normalized spacial score (nSPS) is 11.7. The molecule has 0 radical (unpaired) electrons. The van der Waals surface area contributed by atoms with Crippen molar-refractivity contribution in [1.82, 2.24) is 14.5 Å². The Morgan fingerprint density at radius 3 is 2.69 bits per heavy atom. The lowest BCUT2D eigenvalue weighted by molar-refractivity contribution is 0.655. The Morgan fingerprint density at radius 2 is 1.81 bits per heavy atom. The van der Waals surface area contributed by atoms with Crippen LogP contribution in [0.3, 0.4) is 0 Å². The number of para-hydroxylation sites is 1. The van der Waals surface area contributed by atoms with Crippen LogP contribution in [0, 0.1) is 4.77 Å². The van der Waals surface area contributed by atoms with Gasteiger partial charge in [-0.15, -0.1) is 11.3 Å². The highest BCUT2D eigenvalue weighted by Crippen LogP contribution is 2.30. The molecule has 0 atom stereocenters. The average molecular weight is 377 g/mol. The number of fused-ring (bicyclic) bond motifs is 4. The topological polar surface area (TPSA) is 53.6 Å². The van der Waals surface area contributed by atoms with Gasteiger partial charge in [0.2, 0.25) is 0 Å². The number of H-pyrrole nitrogens is 2. The Labute approximate surface area is 157 Å². The van der Waals surface area contributed by atoms with E-state index in [9.17, 15) is 4.79 Å². The maximum Gasteiger partial charge on any atom is 0.272 e. The third-order valence-corrected chi connectivity index (χ3v) is 6.27. The van der Waals surface area contributed by atoms with Crippen LogP contribution in [0.5, 0.6) is 0 Å². The first kappa shape index (κ1) is 15.5. The van der Waals surface area contributed by atoms with E-state index in [1.807, 2.05) is 42.6 Å². The molecule has 128 valence electrons. The number of benzene rings is 2. The van der Waals surface area contributed by atoms with Crippen molar-refractivity contribution in [3.63, 3.8) is 0 Å². The summed E-state index contributed by atoms with van der Waals surface area (Å²) in [4.78, 5) is 19.6. The van der Waals surface area contributed by atoms with E-state index in [2.05, 4.69) is 22.1 Å². The zero-order chi connectivity index (χ0) is 17.7. The van der Waals surface area contributed by atoms with E-state index in [4.69, 9.17) is 12.2 Å². The Bertz CT molecular complexity index is 1390. The highest BCUT2D eigenvalue weighted by atomic mass is 32.1. The van der Waals surface area contributed by atoms with E-state index in [-0.39, 0.29) is 5.56 Å². The molecule has 2 N–H and O–H groups in total. The lowest BCUT2D eigenvalue weighted by atomic mass is 10.1. The third kappa shape index (κ3) is 2.34. The first-order valence-electron chi connectivity index (χ1n) is 8.42. The second kappa shape index (κ2) is 5.93. The van der Waals surface area contributed by atoms with Crippen LogP contribution in [0.2, 0.25) is 0 Å². The summed E-state index contributed by atoms with van der Waals surface area (Å²) in [5.74, 6) is 0. The maximum atomic E-state index is 13.0. The van der Waals surface area contributed by atoms with Crippen molar-refractivity contribution < 1.29 is 0 Å². The molecule has 3 heterocycles. The molecule has 0 unspecified atom stereocenters. The van der Waals surface area contributed by atoms with Gasteiger partial charge < -0.3 is 9.97 Å². The van der Waals surface area contributed by atoms with Crippen molar-refractivity contribution in [2.75, 3.05) is 0 Å². The summed E-state index contributed by atoms with van der Waals surface area (Å²) in [5.41, 5.74) is 3.15. The van der Waals surface area contributed by atoms with Crippen molar-refractivity contribution >= 4 is 54.8 Å². The Balaban J connectivity index is 1.59. The monoisotopic (exact) mass is 377 g/mol. The van der Waals surface area contributed by atoms with Gasteiger partial charge in [0.05, 0.1) is 5.52 Å². The summed E-state index contributed by atoms with van der Waals surface area (Å²) >= 11 is 7.01. The quantitative estimate of drug-likeness (QED) is 0.435. The van der Waals surface area contributed by atoms with Crippen LogP contribution in [-0.4, -0.2) is 14.5 Å². The minimum Gasteiger partial charge on any atom is -0.361 e. The molecule has 2 aromatic carbocycles. The van der Waals surface area contributed by atoms with E-state index < -0.39 is 0 Å². The number of aromatic nitrogens is 3. The Hall–Kier alpha value is -2.70. The number of nitrogens with zero attached hydrogens (tertiary/aromatic N) is 1. The first-order chi connectivity index (χ1) is 12.7. The largest absolute Gasteiger partial charge is 0.361 e. The molecular formula is C20H15N3OS2. The van der Waals surface area contributed by atoms with E-state index in [1.165, 1.54) is 22.3 Å². The van der Waals surface area contributed by atoms with Gasteiger partial charge in [-0.3, -0.25) is 9.36 Å². The fraction of sp³-hybridized carbons (Fsp3) is 0.100. The van der Waals surface area contributed by atoms with Gasteiger partial charge in [-0.2, -0.15) is 0 Å². The molecule has 0 fully saturated rings. The molecule has 6 heteroatoms. The summed E-state index contributed by atoms with van der Waals surface area (Å²) in [5, 5.41) is 2.25. The molecule has 0 aliphatic carbocycles. The summed E-state index contributed by atoms with van der Waals surface area (Å²) in [6.07, 6.45) is 2.76. The predicted octanol–water partition coefficient (Wildman–Crippen LogP) is 5.00. The molecule has 3 aromatic heterocycles. The number of hydrogen-bond acceptors (Lipinski definition) is 3. The minimum absolute atomic E-state index is 0.00945. The Morgan fingerprint density at radius 1 is 1.04 bits per heavy atom. The highest BCUT2D eigenvalue weighted by Gasteiger charge is 2.12. The van der Waals surface area contributed by atoms with E-state index in [0.29, 0.717) is 11.3 Å². The van der Waals surface area contributed by atoms with Crippen LogP contribution in [0.25, 0.3) is 31.2 Å². The molecule has 0 aliphatic rings. The van der Waals surface area contributed by atoms with Gasteiger partial charge in [0.25, 0.3) is 5.56 Å². The fourth-order valence-electron chi connectivity index (χ4n) is 3.48. The van der Waals surface area contributed by atoms with Crippen molar-refractivity contribution in [2.45, 2.75) is 13.0 Å². The van der Waals surface area contributed by atoms with Crippen molar-refractivity contribution in [1.29, 1.82) is 0 Å². The van der Waals surface area contributed by atoms with Crippen LogP contribution >= 0.6 is 23.6 Å². The van der Waals surface area contributed by atoms with Crippen molar-refractivity contribution in [2.24, 2.45) is 0 Å². The molecule has 0 saturated heterocycles. The molecule has 0 bridgehead atoms. The SMILES string of the molecule is O=c1c2sc3ccccc3c2[nH]c(=S)n1CCc1c[nH]c2ccccc12.